The predicted octanol–water partition coefficient (Wildman–Crippen LogP) is 2.22. The van der Waals surface area contributed by atoms with Gasteiger partial charge in [-0.15, -0.1) is 0 Å². The third-order valence-electron chi connectivity index (χ3n) is 2.95. The number of nitrogens with two attached hydrogens (primary N) is 1. The van der Waals surface area contributed by atoms with Crippen LogP contribution in [-0.2, 0) is 9.84 Å². The van der Waals surface area contributed by atoms with E-state index < -0.39 is 9.84 Å². The van der Waals surface area contributed by atoms with E-state index in [2.05, 4.69) is 0 Å². The van der Waals surface area contributed by atoms with Crippen LogP contribution in [0.1, 0.15) is 37.4 Å². The van der Waals surface area contributed by atoms with Crippen molar-refractivity contribution in [2.45, 2.75) is 33.2 Å². The maximum Gasteiger partial charge on any atom is 0.150 e. The zero-order chi connectivity index (χ0) is 14.5. The Balaban J connectivity index is 2.59. The highest BCUT2D eigenvalue weighted by Gasteiger charge is 2.10. The van der Waals surface area contributed by atoms with Crippen molar-refractivity contribution in [1.29, 1.82) is 0 Å². The van der Waals surface area contributed by atoms with Crippen molar-refractivity contribution < 1.29 is 13.2 Å². The molecule has 1 aromatic rings. The quantitative estimate of drug-likeness (QED) is 0.780. The first-order valence-electron chi connectivity index (χ1n) is 6.55. The lowest BCUT2D eigenvalue weighted by atomic mass is 10.1. The van der Waals surface area contributed by atoms with E-state index in [1.165, 1.54) is 0 Å². The molecule has 0 aromatic heterocycles. The first kappa shape index (κ1) is 16.0. The van der Waals surface area contributed by atoms with E-state index in [-0.39, 0.29) is 17.5 Å². The molecule has 1 rings (SSSR count). The zero-order valence-electron chi connectivity index (χ0n) is 11.8. The second-order valence-electron chi connectivity index (χ2n) is 4.77. The minimum atomic E-state index is -2.91. The van der Waals surface area contributed by atoms with Crippen LogP contribution in [-0.4, -0.2) is 26.5 Å². The molecule has 0 spiro atoms. The summed E-state index contributed by atoms with van der Waals surface area (Å²) in [6.07, 6.45) is 0.502. The van der Waals surface area contributed by atoms with E-state index in [0.717, 1.165) is 16.9 Å². The van der Waals surface area contributed by atoms with Crippen LogP contribution in [0.2, 0.25) is 0 Å². The lowest BCUT2D eigenvalue weighted by molar-refractivity contribution is 0.313. The predicted molar refractivity (Wildman–Crippen MR) is 78.2 cm³/mol. The van der Waals surface area contributed by atoms with Crippen molar-refractivity contribution in [2.75, 3.05) is 18.1 Å². The molecule has 0 aliphatic rings. The summed E-state index contributed by atoms with van der Waals surface area (Å²) in [5, 5.41) is 0. The Kier molecular flexibility index (Phi) is 5.82. The van der Waals surface area contributed by atoms with Crippen LogP contribution in [0.15, 0.2) is 18.2 Å². The third-order valence-corrected chi connectivity index (χ3v) is 4.74. The summed E-state index contributed by atoms with van der Waals surface area (Å²) in [4.78, 5) is 0. The number of rotatable bonds is 7. The summed E-state index contributed by atoms with van der Waals surface area (Å²) in [7, 11) is -2.91. The van der Waals surface area contributed by atoms with Gasteiger partial charge in [0, 0.05) is 17.4 Å². The Bertz CT molecular complexity index is 509. The third kappa shape index (κ3) is 5.20. The number of aryl methyl sites for hydroxylation is 1. The maximum absolute atomic E-state index is 11.4. The average Bonchev–Trinajstić information content (AvgIpc) is 2.36. The largest absolute Gasteiger partial charge is 0.493 e. The van der Waals surface area contributed by atoms with E-state index >= 15 is 0 Å². The molecule has 0 radical (unpaired) electrons. The summed E-state index contributed by atoms with van der Waals surface area (Å²) in [5.74, 6) is 1.10. The fraction of sp³-hybridized carbons (Fsp3) is 0.571. The van der Waals surface area contributed by atoms with E-state index in [1.807, 2.05) is 32.0 Å². The molecule has 0 aliphatic carbocycles. The molecule has 0 bridgehead atoms. The van der Waals surface area contributed by atoms with Gasteiger partial charge in [0.1, 0.15) is 15.6 Å². The van der Waals surface area contributed by atoms with Gasteiger partial charge in [0.15, 0.2) is 0 Å². The molecule has 0 heterocycles. The van der Waals surface area contributed by atoms with Gasteiger partial charge < -0.3 is 10.5 Å². The fourth-order valence-corrected chi connectivity index (χ4v) is 2.61. The SMILES string of the molecule is CCS(=O)(=O)CCCOc1ccc(C)cc1C(C)N. The van der Waals surface area contributed by atoms with Crippen molar-refractivity contribution in [1.82, 2.24) is 0 Å². The maximum atomic E-state index is 11.4. The normalized spacial score (nSPS) is 13.3. The van der Waals surface area contributed by atoms with Crippen LogP contribution in [0, 0.1) is 6.92 Å². The Morgan fingerprint density at radius 2 is 2.05 bits per heavy atom. The smallest absolute Gasteiger partial charge is 0.150 e. The first-order chi connectivity index (χ1) is 8.85. The summed E-state index contributed by atoms with van der Waals surface area (Å²) >= 11 is 0. The molecular formula is C14H23NO3S. The molecule has 2 N–H and O–H groups in total. The highest BCUT2D eigenvalue weighted by atomic mass is 32.2. The molecule has 4 nitrogen and oxygen atoms in total. The number of hydrogen-bond acceptors (Lipinski definition) is 4. The van der Waals surface area contributed by atoms with E-state index in [9.17, 15) is 8.42 Å². The Labute approximate surface area is 115 Å². The highest BCUT2D eigenvalue weighted by molar-refractivity contribution is 7.91. The molecule has 0 saturated heterocycles. The van der Waals surface area contributed by atoms with Crippen molar-refractivity contribution in [3.05, 3.63) is 29.3 Å². The van der Waals surface area contributed by atoms with Gasteiger partial charge in [0.05, 0.1) is 12.4 Å². The molecule has 0 amide bonds. The highest BCUT2D eigenvalue weighted by Crippen LogP contribution is 2.25. The van der Waals surface area contributed by atoms with E-state index in [1.54, 1.807) is 6.92 Å². The topological polar surface area (TPSA) is 69.4 Å². The standard InChI is InChI=1S/C14H23NO3S/c1-4-19(16,17)9-5-8-18-14-7-6-11(2)10-13(14)12(3)15/h6-7,10,12H,4-5,8-9,15H2,1-3H3. The van der Waals surface area contributed by atoms with Crippen LogP contribution in [0.3, 0.4) is 0 Å². The summed E-state index contributed by atoms with van der Waals surface area (Å²) in [6.45, 7) is 5.96. The summed E-state index contributed by atoms with van der Waals surface area (Å²) < 4.78 is 28.4. The van der Waals surface area contributed by atoms with E-state index in [4.69, 9.17) is 10.5 Å². The van der Waals surface area contributed by atoms with Crippen LogP contribution in [0.25, 0.3) is 0 Å². The van der Waals surface area contributed by atoms with Gasteiger partial charge in [-0.2, -0.15) is 0 Å². The first-order valence-corrected chi connectivity index (χ1v) is 8.37. The number of hydrogen-bond donors (Lipinski definition) is 1. The minimum Gasteiger partial charge on any atom is -0.493 e. The molecule has 5 heteroatoms. The summed E-state index contributed by atoms with van der Waals surface area (Å²) in [6, 6.07) is 5.75. The van der Waals surface area contributed by atoms with Crippen LogP contribution < -0.4 is 10.5 Å². The number of benzene rings is 1. The zero-order valence-corrected chi connectivity index (χ0v) is 12.7. The van der Waals surface area contributed by atoms with Gasteiger partial charge >= 0.3 is 0 Å². The summed E-state index contributed by atoms with van der Waals surface area (Å²) in [5.41, 5.74) is 7.99. The molecule has 1 unspecified atom stereocenters. The van der Waals surface area contributed by atoms with Crippen molar-refractivity contribution >= 4 is 9.84 Å². The molecule has 0 fully saturated rings. The number of ether oxygens (including phenoxy) is 1. The van der Waals surface area contributed by atoms with E-state index in [0.29, 0.717) is 13.0 Å². The van der Waals surface area contributed by atoms with Crippen LogP contribution in [0.5, 0.6) is 5.75 Å². The molecule has 0 saturated carbocycles. The van der Waals surface area contributed by atoms with Gasteiger partial charge in [-0.3, -0.25) is 0 Å². The second-order valence-corrected chi connectivity index (χ2v) is 7.24. The molecule has 0 aliphatic heterocycles. The Morgan fingerprint density at radius 1 is 1.37 bits per heavy atom. The van der Waals surface area contributed by atoms with Crippen molar-refractivity contribution in [3.63, 3.8) is 0 Å². The molecule has 1 aromatic carbocycles. The van der Waals surface area contributed by atoms with Crippen molar-refractivity contribution in [3.8, 4) is 5.75 Å². The molecule has 1 atom stereocenters. The molecular weight excluding hydrogens is 262 g/mol. The Hall–Kier alpha value is -1.07. The van der Waals surface area contributed by atoms with Gasteiger partial charge in [0.25, 0.3) is 0 Å². The minimum absolute atomic E-state index is 0.103. The lowest BCUT2D eigenvalue weighted by Crippen LogP contribution is -2.13. The molecule has 19 heavy (non-hydrogen) atoms. The number of sulfone groups is 1. The van der Waals surface area contributed by atoms with Crippen molar-refractivity contribution in [2.24, 2.45) is 5.73 Å². The fourth-order valence-electron chi connectivity index (χ4n) is 1.76. The molecule has 108 valence electrons. The second kappa shape index (κ2) is 6.91. The van der Waals surface area contributed by atoms with Gasteiger partial charge in [-0.05, 0) is 26.3 Å². The van der Waals surface area contributed by atoms with Gasteiger partial charge in [-0.1, -0.05) is 24.6 Å². The Morgan fingerprint density at radius 3 is 2.63 bits per heavy atom. The lowest BCUT2D eigenvalue weighted by Gasteiger charge is -2.14. The van der Waals surface area contributed by atoms with Gasteiger partial charge in [0.2, 0.25) is 0 Å². The average molecular weight is 285 g/mol. The van der Waals surface area contributed by atoms with Gasteiger partial charge in [-0.25, -0.2) is 8.42 Å². The monoisotopic (exact) mass is 285 g/mol. The van der Waals surface area contributed by atoms with Crippen LogP contribution >= 0.6 is 0 Å². The van der Waals surface area contributed by atoms with Crippen LogP contribution in [0.4, 0.5) is 0 Å².